The van der Waals surface area contributed by atoms with Gasteiger partial charge in [-0.15, -0.1) is 11.8 Å². The Morgan fingerprint density at radius 1 is 1.21 bits per heavy atom. The number of pyridine rings is 1. The van der Waals surface area contributed by atoms with Gasteiger partial charge in [-0.2, -0.15) is 13.2 Å². The number of aryl methyl sites for hydroxylation is 1. The van der Waals surface area contributed by atoms with Crippen LogP contribution in [-0.4, -0.2) is 53.6 Å². The third-order valence-electron chi connectivity index (χ3n) is 5.08. The molecule has 3 rings (SSSR count). The second kappa shape index (κ2) is 11.3. The molecule has 0 radical (unpaired) electrons. The number of alkyl halides is 3. The number of rotatable bonds is 5. The predicted molar refractivity (Wildman–Crippen MR) is 133 cm³/mol. The van der Waals surface area contributed by atoms with Gasteiger partial charge >= 0.3 is 6.18 Å². The van der Waals surface area contributed by atoms with Crippen LogP contribution in [0.2, 0.25) is 0 Å². The van der Waals surface area contributed by atoms with E-state index in [0.717, 1.165) is 16.9 Å². The summed E-state index contributed by atoms with van der Waals surface area (Å²) in [6.45, 7) is 10.8. The molecule has 2 amide bonds. The Balaban J connectivity index is 0.00000199. The molecule has 2 aromatic rings. The van der Waals surface area contributed by atoms with E-state index in [-0.39, 0.29) is 23.6 Å². The number of carbonyl (C=O) groups is 2. The fraction of sp³-hybridized carbons (Fsp3) is 0.542. The lowest BCUT2D eigenvalue weighted by Crippen LogP contribution is -2.48. The number of benzene rings is 1. The molecule has 1 atom stereocenters. The van der Waals surface area contributed by atoms with Gasteiger partial charge in [0.25, 0.3) is 5.91 Å². The largest absolute Gasteiger partial charge is 0.405 e. The summed E-state index contributed by atoms with van der Waals surface area (Å²) < 4.78 is 38.1. The third kappa shape index (κ3) is 7.51. The molecule has 1 unspecified atom stereocenters. The van der Waals surface area contributed by atoms with Crippen molar-refractivity contribution < 1.29 is 22.8 Å². The van der Waals surface area contributed by atoms with Crippen LogP contribution in [0.5, 0.6) is 0 Å². The lowest BCUT2D eigenvalue weighted by Gasteiger charge is -2.24. The SMILES string of the molecule is CC.Cc1cc(C(=O)NCC2CSCC(=O)N2)nc2c(C(C)(C)C)cc(NCC(F)(F)F)cc12. The van der Waals surface area contributed by atoms with E-state index < -0.39 is 18.1 Å². The van der Waals surface area contributed by atoms with Crippen LogP contribution in [0, 0.1) is 6.92 Å². The Morgan fingerprint density at radius 2 is 1.88 bits per heavy atom. The number of nitrogens with zero attached hydrogens (tertiary/aromatic N) is 1. The predicted octanol–water partition coefficient (Wildman–Crippen LogP) is 4.80. The van der Waals surface area contributed by atoms with E-state index in [1.54, 1.807) is 25.1 Å². The first-order valence-corrected chi connectivity index (χ1v) is 12.4. The molecule has 34 heavy (non-hydrogen) atoms. The van der Waals surface area contributed by atoms with Crippen LogP contribution in [-0.2, 0) is 10.2 Å². The number of hydrogen-bond donors (Lipinski definition) is 3. The first-order chi connectivity index (χ1) is 15.8. The molecule has 1 saturated heterocycles. The van der Waals surface area contributed by atoms with E-state index >= 15 is 0 Å². The second-order valence-electron chi connectivity index (χ2n) is 8.95. The minimum atomic E-state index is -4.33. The summed E-state index contributed by atoms with van der Waals surface area (Å²) in [4.78, 5) is 28.9. The summed E-state index contributed by atoms with van der Waals surface area (Å²) in [6.07, 6.45) is -4.33. The van der Waals surface area contributed by atoms with E-state index in [9.17, 15) is 22.8 Å². The normalized spacial score (nSPS) is 16.4. The van der Waals surface area contributed by atoms with Gasteiger partial charge in [0.05, 0.1) is 17.3 Å². The molecule has 1 aromatic carbocycles. The Morgan fingerprint density at radius 3 is 2.47 bits per heavy atom. The van der Waals surface area contributed by atoms with Crippen molar-refractivity contribution in [2.75, 3.05) is 29.9 Å². The van der Waals surface area contributed by atoms with Crippen LogP contribution in [0.4, 0.5) is 18.9 Å². The molecule has 0 bridgehead atoms. The fourth-order valence-corrected chi connectivity index (χ4v) is 4.38. The minimum absolute atomic E-state index is 0.0510. The molecular weight excluding hydrogens is 465 g/mol. The maximum atomic E-state index is 12.8. The summed E-state index contributed by atoms with van der Waals surface area (Å²) >= 11 is 1.52. The smallest absolute Gasteiger partial charge is 0.376 e. The topological polar surface area (TPSA) is 83.1 Å². The van der Waals surface area contributed by atoms with Gasteiger partial charge in [0.2, 0.25) is 5.91 Å². The van der Waals surface area contributed by atoms with Gasteiger partial charge < -0.3 is 16.0 Å². The third-order valence-corrected chi connectivity index (χ3v) is 6.18. The molecule has 188 valence electrons. The lowest BCUT2D eigenvalue weighted by molar-refractivity contribution is -0.119. The zero-order valence-corrected chi connectivity index (χ0v) is 21.3. The van der Waals surface area contributed by atoms with Crippen LogP contribution < -0.4 is 16.0 Å². The highest BCUT2D eigenvalue weighted by Crippen LogP contribution is 2.34. The Hall–Kier alpha value is -2.49. The van der Waals surface area contributed by atoms with Crippen molar-refractivity contribution in [2.24, 2.45) is 0 Å². The number of amides is 2. The van der Waals surface area contributed by atoms with Gasteiger partial charge in [0.15, 0.2) is 0 Å². The molecule has 0 spiro atoms. The van der Waals surface area contributed by atoms with Crippen molar-refractivity contribution in [2.45, 2.75) is 59.2 Å². The summed E-state index contributed by atoms with van der Waals surface area (Å²) in [7, 11) is 0. The van der Waals surface area contributed by atoms with Crippen molar-refractivity contribution >= 4 is 40.2 Å². The molecule has 1 aromatic heterocycles. The van der Waals surface area contributed by atoms with Gasteiger partial charge in [-0.1, -0.05) is 34.6 Å². The molecule has 1 fully saturated rings. The van der Waals surface area contributed by atoms with Gasteiger partial charge in [-0.05, 0) is 41.7 Å². The number of nitrogens with one attached hydrogen (secondary N) is 3. The Labute approximate surface area is 202 Å². The average molecular weight is 499 g/mol. The molecule has 1 aliphatic heterocycles. The number of hydrogen-bond acceptors (Lipinski definition) is 5. The Bertz CT molecular complexity index is 1040. The van der Waals surface area contributed by atoms with Crippen molar-refractivity contribution in [3.63, 3.8) is 0 Å². The Kier molecular flexibility index (Phi) is 9.22. The summed E-state index contributed by atoms with van der Waals surface area (Å²) in [5, 5.41) is 8.80. The van der Waals surface area contributed by atoms with Gasteiger partial charge in [0.1, 0.15) is 12.2 Å². The van der Waals surface area contributed by atoms with Crippen molar-refractivity contribution in [3.05, 3.63) is 35.0 Å². The highest BCUT2D eigenvalue weighted by molar-refractivity contribution is 8.00. The number of carbonyl (C=O) groups excluding carboxylic acids is 2. The number of fused-ring (bicyclic) bond motifs is 1. The highest BCUT2D eigenvalue weighted by atomic mass is 32.2. The number of halogens is 3. The van der Waals surface area contributed by atoms with Crippen LogP contribution in [0.1, 0.15) is 56.2 Å². The number of aromatic nitrogens is 1. The maximum absolute atomic E-state index is 12.8. The molecule has 1 aliphatic rings. The van der Waals surface area contributed by atoms with Crippen LogP contribution in [0.3, 0.4) is 0 Å². The van der Waals surface area contributed by atoms with Crippen molar-refractivity contribution in [1.82, 2.24) is 15.6 Å². The summed E-state index contributed by atoms with van der Waals surface area (Å²) in [5.41, 5.74) is 2.24. The van der Waals surface area contributed by atoms with Crippen LogP contribution in [0.15, 0.2) is 18.2 Å². The molecule has 2 heterocycles. The van der Waals surface area contributed by atoms with Crippen LogP contribution in [0.25, 0.3) is 10.9 Å². The van der Waals surface area contributed by atoms with E-state index in [2.05, 4.69) is 20.9 Å². The highest BCUT2D eigenvalue weighted by Gasteiger charge is 2.28. The molecule has 10 heteroatoms. The minimum Gasteiger partial charge on any atom is -0.376 e. The van der Waals surface area contributed by atoms with Crippen molar-refractivity contribution in [3.8, 4) is 0 Å². The maximum Gasteiger partial charge on any atom is 0.405 e. The van der Waals surface area contributed by atoms with E-state index in [1.165, 1.54) is 11.8 Å². The van der Waals surface area contributed by atoms with Crippen LogP contribution >= 0.6 is 11.8 Å². The lowest BCUT2D eigenvalue weighted by atomic mass is 9.84. The number of thioether (sulfide) groups is 1. The molecule has 0 saturated carbocycles. The van der Waals surface area contributed by atoms with E-state index in [1.807, 2.05) is 34.6 Å². The van der Waals surface area contributed by atoms with E-state index in [4.69, 9.17) is 0 Å². The second-order valence-corrected chi connectivity index (χ2v) is 9.98. The standard InChI is InChI=1S/C22H27F3N4O2S.C2H6/c1-12-5-17(20(31)26-8-14-9-32-10-18(30)28-14)29-19-15(12)6-13(27-11-22(23,24)25)7-16(19)21(2,3)4;1-2/h5-7,14,27H,8-11H2,1-4H3,(H,26,31)(H,28,30);1-2H3. The molecule has 6 nitrogen and oxygen atoms in total. The molecule has 0 aliphatic carbocycles. The molecular formula is C24H33F3N4O2S. The fourth-order valence-electron chi connectivity index (χ4n) is 3.50. The molecule has 3 N–H and O–H groups in total. The van der Waals surface area contributed by atoms with Gasteiger partial charge in [-0.3, -0.25) is 9.59 Å². The summed E-state index contributed by atoms with van der Waals surface area (Å²) in [5.74, 6) is 0.729. The monoisotopic (exact) mass is 498 g/mol. The summed E-state index contributed by atoms with van der Waals surface area (Å²) in [6, 6.07) is 4.79. The first kappa shape index (κ1) is 27.8. The van der Waals surface area contributed by atoms with E-state index in [0.29, 0.717) is 28.9 Å². The number of anilines is 1. The zero-order chi connectivity index (χ0) is 25.7. The van der Waals surface area contributed by atoms with Crippen molar-refractivity contribution in [1.29, 1.82) is 0 Å². The quantitative estimate of drug-likeness (QED) is 0.552. The van der Waals surface area contributed by atoms with Gasteiger partial charge in [-0.25, -0.2) is 4.98 Å². The van der Waals surface area contributed by atoms with Gasteiger partial charge in [0, 0.05) is 23.4 Å². The zero-order valence-electron chi connectivity index (χ0n) is 20.4. The first-order valence-electron chi connectivity index (χ1n) is 11.3. The average Bonchev–Trinajstić information content (AvgIpc) is 2.76.